The quantitative estimate of drug-likeness (QED) is 0.717. The van der Waals surface area contributed by atoms with Crippen LogP contribution in [0.15, 0.2) is 22.6 Å². The van der Waals surface area contributed by atoms with Gasteiger partial charge in [-0.15, -0.1) is 0 Å². The molecular weight excluding hydrogens is 318 g/mol. The summed E-state index contributed by atoms with van der Waals surface area (Å²) < 4.78 is 7.66. The van der Waals surface area contributed by atoms with Gasteiger partial charge in [0.15, 0.2) is 11.3 Å². The summed E-state index contributed by atoms with van der Waals surface area (Å²) in [4.78, 5) is 23.5. The van der Waals surface area contributed by atoms with Crippen molar-refractivity contribution in [3.63, 3.8) is 0 Å². The molecule has 0 unspecified atom stereocenters. The minimum atomic E-state index is -0.0881. The van der Waals surface area contributed by atoms with Crippen molar-refractivity contribution in [3.8, 4) is 0 Å². The van der Waals surface area contributed by atoms with E-state index < -0.39 is 0 Å². The van der Waals surface area contributed by atoms with Crippen molar-refractivity contribution in [3.05, 3.63) is 41.3 Å². The number of rotatable bonds is 2. The van der Waals surface area contributed by atoms with Crippen LogP contribution in [0.4, 0.5) is 0 Å². The molecule has 4 heterocycles. The summed E-state index contributed by atoms with van der Waals surface area (Å²) in [6, 6.07) is 5.63. The number of nitrogens with zero attached hydrogens (tertiary/aromatic N) is 5. The summed E-state index contributed by atoms with van der Waals surface area (Å²) >= 11 is 0. The highest BCUT2D eigenvalue weighted by molar-refractivity contribution is 5.95. The van der Waals surface area contributed by atoms with E-state index in [-0.39, 0.29) is 11.9 Å². The lowest BCUT2D eigenvalue weighted by molar-refractivity contribution is 0.0641. The predicted molar refractivity (Wildman–Crippen MR) is 92.4 cm³/mol. The largest absolute Gasteiger partial charge is 0.449 e. The van der Waals surface area contributed by atoms with Crippen LogP contribution in [0.25, 0.3) is 11.1 Å². The zero-order valence-electron chi connectivity index (χ0n) is 14.7. The molecule has 130 valence electrons. The molecule has 1 fully saturated rings. The molecule has 0 saturated carbocycles. The first-order valence-electron chi connectivity index (χ1n) is 8.57. The van der Waals surface area contributed by atoms with Gasteiger partial charge in [0.05, 0.1) is 6.04 Å². The van der Waals surface area contributed by atoms with Gasteiger partial charge >= 0.3 is 0 Å². The molecule has 1 amide bonds. The fraction of sp³-hybridized carbons (Fsp3) is 0.444. The third kappa shape index (κ3) is 2.90. The Hall–Kier alpha value is -2.70. The molecule has 0 spiro atoms. The molecule has 1 saturated heterocycles. The van der Waals surface area contributed by atoms with Gasteiger partial charge in [-0.25, -0.2) is 14.6 Å². The number of furan rings is 1. The number of carbonyl (C=O) groups excluding carboxylic acids is 1. The Balaban J connectivity index is 1.57. The second kappa shape index (κ2) is 5.98. The standard InChI is InChI=1S/C18H21N5O2/c1-11-6-7-16-15(19-11)9-17(25-16)18(24)22-8-4-5-14(10-22)23-13(3)20-12(2)21-23/h6-7,9,14H,4-5,8,10H2,1-3H3/t14-/m1/s1. The maximum atomic E-state index is 12.9. The molecule has 0 bridgehead atoms. The van der Waals surface area contributed by atoms with Crippen LogP contribution in [0, 0.1) is 20.8 Å². The number of likely N-dealkylation sites (tertiary alicyclic amines) is 1. The summed E-state index contributed by atoms with van der Waals surface area (Å²) in [6.07, 6.45) is 1.93. The smallest absolute Gasteiger partial charge is 0.289 e. The Morgan fingerprint density at radius 3 is 2.84 bits per heavy atom. The zero-order chi connectivity index (χ0) is 17.6. The first-order chi connectivity index (χ1) is 12.0. The highest BCUT2D eigenvalue weighted by atomic mass is 16.3. The minimum Gasteiger partial charge on any atom is -0.449 e. The lowest BCUT2D eigenvalue weighted by Gasteiger charge is -2.32. The second-order valence-electron chi connectivity index (χ2n) is 6.64. The first kappa shape index (κ1) is 15.8. The number of piperidine rings is 1. The summed E-state index contributed by atoms with van der Waals surface area (Å²) in [5.41, 5.74) is 2.27. The van der Waals surface area contributed by atoms with Gasteiger partial charge in [-0.05, 0) is 45.7 Å². The van der Waals surface area contributed by atoms with Crippen LogP contribution in [-0.2, 0) is 0 Å². The SMILES string of the molecule is Cc1ccc2oc(C(=O)N3CCC[C@@H](n4nc(C)nc4C)C3)cc2n1. The van der Waals surface area contributed by atoms with Crippen molar-refractivity contribution >= 4 is 17.0 Å². The van der Waals surface area contributed by atoms with Crippen molar-refractivity contribution in [1.29, 1.82) is 0 Å². The van der Waals surface area contributed by atoms with E-state index in [1.165, 1.54) is 0 Å². The third-order valence-electron chi connectivity index (χ3n) is 4.66. The van der Waals surface area contributed by atoms with Crippen LogP contribution >= 0.6 is 0 Å². The van der Waals surface area contributed by atoms with E-state index in [0.29, 0.717) is 17.9 Å². The molecule has 4 rings (SSSR count). The van der Waals surface area contributed by atoms with E-state index in [4.69, 9.17) is 4.42 Å². The molecule has 0 aliphatic carbocycles. The van der Waals surface area contributed by atoms with E-state index in [0.717, 1.165) is 42.2 Å². The van der Waals surface area contributed by atoms with Gasteiger partial charge in [0.2, 0.25) is 0 Å². The fourth-order valence-electron chi connectivity index (χ4n) is 3.51. The van der Waals surface area contributed by atoms with Gasteiger partial charge in [-0.3, -0.25) is 4.79 Å². The van der Waals surface area contributed by atoms with Gasteiger partial charge in [-0.2, -0.15) is 5.10 Å². The average Bonchev–Trinajstić information content (AvgIpc) is 3.16. The maximum Gasteiger partial charge on any atom is 0.289 e. The number of amides is 1. The highest BCUT2D eigenvalue weighted by Gasteiger charge is 2.29. The number of hydrogen-bond donors (Lipinski definition) is 0. The predicted octanol–water partition coefficient (Wildman–Crippen LogP) is 2.82. The Kier molecular flexibility index (Phi) is 3.78. The molecule has 0 radical (unpaired) electrons. The summed E-state index contributed by atoms with van der Waals surface area (Å²) in [6.45, 7) is 7.11. The minimum absolute atomic E-state index is 0.0881. The monoisotopic (exact) mass is 339 g/mol. The van der Waals surface area contributed by atoms with Crippen LogP contribution in [-0.4, -0.2) is 43.6 Å². The molecule has 7 nitrogen and oxygen atoms in total. The average molecular weight is 339 g/mol. The Morgan fingerprint density at radius 1 is 1.24 bits per heavy atom. The van der Waals surface area contributed by atoms with Gasteiger partial charge in [0.1, 0.15) is 17.2 Å². The molecule has 1 aliphatic heterocycles. The highest BCUT2D eigenvalue weighted by Crippen LogP contribution is 2.25. The van der Waals surface area contributed by atoms with Crippen LogP contribution < -0.4 is 0 Å². The molecule has 3 aromatic rings. The first-order valence-corrected chi connectivity index (χ1v) is 8.57. The molecule has 0 aromatic carbocycles. The van der Waals surface area contributed by atoms with Crippen LogP contribution in [0.2, 0.25) is 0 Å². The third-order valence-corrected chi connectivity index (χ3v) is 4.66. The molecule has 7 heteroatoms. The van der Waals surface area contributed by atoms with Crippen molar-refractivity contribution in [2.75, 3.05) is 13.1 Å². The number of hydrogen-bond acceptors (Lipinski definition) is 5. The van der Waals surface area contributed by atoms with E-state index in [1.54, 1.807) is 6.07 Å². The van der Waals surface area contributed by atoms with Gasteiger partial charge in [0.25, 0.3) is 5.91 Å². The number of carbonyl (C=O) groups is 1. The van der Waals surface area contributed by atoms with Crippen LogP contribution in [0.3, 0.4) is 0 Å². The zero-order valence-corrected chi connectivity index (χ0v) is 14.7. The van der Waals surface area contributed by atoms with Crippen LogP contribution in [0.5, 0.6) is 0 Å². The number of aromatic nitrogens is 4. The van der Waals surface area contributed by atoms with E-state index in [2.05, 4.69) is 15.1 Å². The molecule has 25 heavy (non-hydrogen) atoms. The fourth-order valence-corrected chi connectivity index (χ4v) is 3.51. The van der Waals surface area contributed by atoms with Gasteiger partial charge in [0, 0.05) is 24.8 Å². The second-order valence-corrected chi connectivity index (χ2v) is 6.64. The van der Waals surface area contributed by atoms with Crippen molar-refractivity contribution < 1.29 is 9.21 Å². The van der Waals surface area contributed by atoms with Crippen molar-refractivity contribution in [1.82, 2.24) is 24.6 Å². The van der Waals surface area contributed by atoms with Gasteiger partial charge in [-0.1, -0.05) is 0 Å². The Bertz CT molecular complexity index is 942. The number of aryl methyl sites for hydroxylation is 3. The molecule has 1 aliphatic rings. The van der Waals surface area contributed by atoms with E-state index in [1.807, 2.05) is 42.5 Å². The summed E-state index contributed by atoms with van der Waals surface area (Å²) in [7, 11) is 0. The Labute approximate surface area is 145 Å². The Morgan fingerprint density at radius 2 is 2.08 bits per heavy atom. The summed E-state index contributed by atoms with van der Waals surface area (Å²) in [5.74, 6) is 1.91. The number of pyridine rings is 1. The molecule has 0 N–H and O–H groups in total. The normalized spacial score (nSPS) is 18.0. The van der Waals surface area contributed by atoms with Crippen molar-refractivity contribution in [2.45, 2.75) is 39.7 Å². The van der Waals surface area contributed by atoms with Crippen LogP contribution in [0.1, 0.15) is 46.8 Å². The summed E-state index contributed by atoms with van der Waals surface area (Å²) in [5, 5.41) is 4.48. The number of fused-ring (bicyclic) bond motifs is 1. The lowest BCUT2D eigenvalue weighted by Crippen LogP contribution is -2.41. The lowest BCUT2D eigenvalue weighted by atomic mass is 10.1. The van der Waals surface area contributed by atoms with Crippen molar-refractivity contribution in [2.24, 2.45) is 0 Å². The van der Waals surface area contributed by atoms with E-state index in [9.17, 15) is 4.79 Å². The van der Waals surface area contributed by atoms with E-state index >= 15 is 0 Å². The molecule has 3 aromatic heterocycles. The maximum absolute atomic E-state index is 12.9. The molecular formula is C18H21N5O2. The van der Waals surface area contributed by atoms with Gasteiger partial charge < -0.3 is 9.32 Å². The molecule has 1 atom stereocenters. The topological polar surface area (TPSA) is 77.0 Å².